The van der Waals surface area contributed by atoms with Gasteiger partial charge in [0.25, 0.3) is 0 Å². The van der Waals surface area contributed by atoms with Gasteiger partial charge in [0.2, 0.25) is 5.95 Å². The number of benzene rings is 7. The summed E-state index contributed by atoms with van der Waals surface area (Å²) in [6.07, 6.45) is 0. The van der Waals surface area contributed by atoms with E-state index in [1.807, 2.05) is 12.1 Å². The van der Waals surface area contributed by atoms with E-state index >= 15 is 0 Å². The molecule has 0 atom stereocenters. The molecule has 0 unspecified atom stereocenters. The van der Waals surface area contributed by atoms with Gasteiger partial charge in [0.1, 0.15) is 11.2 Å². The summed E-state index contributed by atoms with van der Waals surface area (Å²) in [6.45, 7) is 0. The number of furan rings is 1. The molecule has 11 rings (SSSR count). The standard InChI is InChI=1S/C42H23N3OS/c1-2-12-27-24(9-1)20-22-33-38(27)31-15-7-10-25-11-8-16-32(37(25)31)45(33)42-43-39(41-40(44-42)30-14-4-6-18-36(30)47-41)26-19-21-29-28-13-3-5-17-34(28)46-35(29)23-26/h1-23H. The van der Waals surface area contributed by atoms with Crippen molar-refractivity contribution in [3.63, 3.8) is 0 Å². The third kappa shape index (κ3) is 3.46. The Labute approximate surface area is 272 Å². The van der Waals surface area contributed by atoms with Gasteiger partial charge >= 0.3 is 0 Å². The number of fused-ring (bicyclic) bond motifs is 10. The van der Waals surface area contributed by atoms with Crippen LogP contribution in [-0.4, -0.2) is 9.97 Å². The van der Waals surface area contributed by atoms with Gasteiger partial charge in [0.15, 0.2) is 0 Å². The Morgan fingerprint density at radius 3 is 2.26 bits per heavy atom. The SMILES string of the molecule is c1ccc2c3c(ccc2c1)N(c1nc(-c2ccc4c(c2)oc2ccccc24)c2sc4ccccc4c2n1)c1cccc2cccc-3c12. The zero-order chi connectivity index (χ0) is 30.6. The minimum atomic E-state index is 0.652. The van der Waals surface area contributed by atoms with Gasteiger partial charge in [-0.05, 0) is 58.1 Å². The van der Waals surface area contributed by atoms with Crippen LogP contribution in [0.5, 0.6) is 0 Å². The van der Waals surface area contributed by atoms with Crippen LogP contribution in [-0.2, 0) is 0 Å². The molecule has 0 aliphatic carbocycles. The Bertz CT molecular complexity index is 2930. The van der Waals surface area contributed by atoms with Gasteiger partial charge in [0.05, 0.1) is 27.3 Å². The van der Waals surface area contributed by atoms with E-state index in [9.17, 15) is 0 Å². The number of hydrogen-bond acceptors (Lipinski definition) is 5. The van der Waals surface area contributed by atoms with Gasteiger partial charge in [-0.15, -0.1) is 11.3 Å². The summed E-state index contributed by atoms with van der Waals surface area (Å²) in [5.74, 6) is 0.652. The third-order valence-corrected chi connectivity index (χ3v) is 10.8. The zero-order valence-electron chi connectivity index (χ0n) is 24.9. The Hall–Kier alpha value is -6.04. The summed E-state index contributed by atoms with van der Waals surface area (Å²) < 4.78 is 8.61. The molecule has 3 aromatic heterocycles. The van der Waals surface area contributed by atoms with Crippen molar-refractivity contribution < 1.29 is 4.42 Å². The van der Waals surface area contributed by atoms with Crippen LogP contribution in [0.3, 0.4) is 0 Å². The van der Waals surface area contributed by atoms with Crippen LogP contribution < -0.4 is 4.90 Å². The van der Waals surface area contributed by atoms with Gasteiger partial charge in [-0.25, -0.2) is 9.97 Å². The summed E-state index contributed by atoms with van der Waals surface area (Å²) in [7, 11) is 0. The minimum absolute atomic E-state index is 0.652. The number of hydrogen-bond donors (Lipinski definition) is 0. The Balaban J connectivity index is 1.25. The molecule has 0 amide bonds. The molecule has 10 aromatic rings. The number of thiophene rings is 1. The molecule has 7 aromatic carbocycles. The molecule has 0 bridgehead atoms. The maximum Gasteiger partial charge on any atom is 0.235 e. The molecule has 0 radical (unpaired) electrons. The van der Waals surface area contributed by atoms with Crippen LogP contribution in [0, 0.1) is 0 Å². The Kier molecular flexibility index (Phi) is 4.96. The number of para-hydroxylation sites is 1. The summed E-state index contributed by atoms with van der Waals surface area (Å²) in [5.41, 5.74) is 9.21. The van der Waals surface area contributed by atoms with E-state index in [2.05, 4.69) is 132 Å². The number of nitrogens with zero attached hydrogens (tertiary/aromatic N) is 3. The smallest absolute Gasteiger partial charge is 0.235 e. The summed E-state index contributed by atoms with van der Waals surface area (Å²) in [4.78, 5) is 13.2. The summed E-state index contributed by atoms with van der Waals surface area (Å²) in [5, 5.41) is 8.19. The topological polar surface area (TPSA) is 42.2 Å². The maximum absolute atomic E-state index is 6.35. The molecule has 0 spiro atoms. The van der Waals surface area contributed by atoms with Crippen molar-refractivity contribution in [2.45, 2.75) is 0 Å². The molecule has 0 fully saturated rings. The van der Waals surface area contributed by atoms with Gasteiger partial charge in [0, 0.05) is 37.4 Å². The fourth-order valence-electron chi connectivity index (χ4n) is 7.54. The number of rotatable bonds is 2. The zero-order valence-corrected chi connectivity index (χ0v) is 25.8. The van der Waals surface area contributed by atoms with Gasteiger partial charge in [-0.3, -0.25) is 4.90 Å². The fraction of sp³-hybridized carbons (Fsp3) is 0. The van der Waals surface area contributed by atoms with Crippen molar-refractivity contribution in [2.75, 3.05) is 4.90 Å². The van der Waals surface area contributed by atoms with Crippen molar-refractivity contribution in [2.24, 2.45) is 0 Å². The first kappa shape index (κ1) is 25.2. The lowest BCUT2D eigenvalue weighted by Gasteiger charge is -2.32. The van der Waals surface area contributed by atoms with Crippen molar-refractivity contribution in [3.05, 3.63) is 140 Å². The van der Waals surface area contributed by atoms with Crippen LogP contribution in [0.1, 0.15) is 0 Å². The van der Waals surface area contributed by atoms with Crippen molar-refractivity contribution in [3.8, 4) is 22.4 Å². The molecule has 47 heavy (non-hydrogen) atoms. The lowest BCUT2D eigenvalue weighted by Crippen LogP contribution is -2.18. The highest BCUT2D eigenvalue weighted by molar-refractivity contribution is 7.26. The molecule has 0 saturated heterocycles. The average Bonchev–Trinajstić information content (AvgIpc) is 3.69. The molecule has 1 aliphatic heterocycles. The van der Waals surface area contributed by atoms with Crippen LogP contribution in [0.4, 0.5) is 17.3 Å². The first-order valence-electron chi connectivity index (χ1n) is 15.8. The molecular formula is C42H23N3OS. The van der Waals surface area contributed by atoms with Crippen molar-refractivity contribution in [1.82, 2.24) is 9.97 Å². The van der Waals surface area contributed by atoms with Crippen molar-refractivity contribution in [1.29, 1.82) is 0 Å². The van der Waals surface area contributed by atoms with Crippen LogP contribution in [0.25, 0.3) is 86.2 Å². The second-order valence-electron chi connectivity index (χ2n) is 12.2. The van der Waals surface area contributed by atoms with Gasteiger partial charge in [-0.2, -0.15) is 0 Å². The maximum atomic E-state index is 6.35. The number of anilines is 3. The van der Waals surface area contributed by atoms with E-state index in [-0.39, 0.29) is 0 Å². The summed E-state index contributed by atoms with van der Waals surface area (Å²) >= 11 is 1.75. The quantitative estimate of drug-likeness (QED) is 0.194. The molecule has 0 N–H and O–H groups in total. The first-order chi connectivity index (χ1) is 23.3. The van der Waals surface area contributed by atoms with E-state index in [1.54, 1.807) is 11.3 Å². The third-order valence-electron chi connectivity index (χ3n) is 9.60. The van der Waals surface area contributed by atoms with Crippen LogP contribution in [0.2, 0.25) is 0 Å². The lowest BCUT2D eigenvalue weighted by molar-refractivity contribution is 0.669. The fourth-order valence-corrected chi connectivity index (χ4v) is 8.69. The molecule has 4 nitrogen and oxygen atoms in total. The van der Waals surface area contributed by atoms with Gasteiger partial charge in [-0.1, -0.05) is 103 Å². The lowest BCUT2D eigenvalue weighted by atomic mass is 9.88. The highest BCUT2D eigenvalue weighted by atomic mass is 32.1. The molecule has 4 heterocycles. The molecule has 5 heteroatoms. The molecule has 0 saturated carbocycles. The summed E-state index contributed by atoms with van der Waals surface area (Å²) in [6, 6.07) is 49.4. The molecular weight excluding hydrogens is 595 g/mol. The first-order valence-corrected chi connectivity index (χ1v) is 16.6. The van der Waals surface area contributed by atoms with E-state index in [0.717, 1.165) is 60.2 Å². The predicted molar refractivity (Wildman–Crippen MR) is 196 cm³/mol. The van der Waals surface area contributed by atoms with E-state index in [1.165, 1.54) is 37.4 Å². The monoisotopic (exact) mass is 617 g/mol. The molecule has 218 valence electrons. The molecule has 1 aliphatic rings. The minimum Gasteiger partial charge on any atom is -0.456 e. The predicted octanol–water partition coefficient (Wildman–Crippen LogP) is 12.2. The highest BCUT2D eigenvalue weighted by Crippen LogP contribution is 2.53. The van der Waals surface area contributed by atoms with E-state index in [0.29, 0.717) is 5.95 Å². The van der Waals surface area contributed by atoms with Crippen LogP contribution in [0.15, 0.2) is 144 Å². The van der Waals surface area contributed by atoms with Gasteiger partial charge < -0.3 is 4.42 Å². The normalized spacial score (nSPS) is 12.6. The van der Waals surface area contributed by atoms with Crippen LogP contribution >= 0.6 is 11.3 Å². The van der Waals surface area contributed by atoms with E-state index in [4.69, 9.17) is 14.4 Å². The second kappa shape index (κ2) is 9.25. The average molecular weight is 618 g/mol. The highest BCUT2D eigenvalue weighted by Gasteiger charge is 2.30. The Morgan fingerprint density at radius 2 is 1.32 bits per heavy atom. The second-order valence-corrected chi connectivity index (χ2v) is 13.2. The largest absolute Gasteiger partial charge is 0.456 e. The number of aromatic nitrogens is 2. The van der Waals surface area contributed by atoms with Crippen molar-refractivity contribution >= 4 is 92.4 Å². The van der Waals surface area contributed by atoms with E-state index < -0.39 is 0 Å². The Morgan fingerprint density at radius 1 is 0.553 bits per heavy atom.